The summed E-state index contributed by atoms with van der Waals surface area (Å²) in [5.74, 6) is 0.445. The Hall–Kier alpha value is -1.23. The van der Waals surface area contributed by atoms with Gasteiger partial charge in [0.2, 0.25) is 0 Å². The number of aliphatic imine (C=N–C) groups is 1. The van der Waals surface area contributed by atoms with Crippen LogP contribution in [0.15, 0.2) is 29.3 Å². The van der Waals surface area contributed by atoms with E-state index >= 15 is 0 Å². The lowest BCUT2D eigenvalue weighted by molar-refractivity contribution is -0.274. The van der Waals surface area contributed by atoms with Crippen LogP contribution in [0.3, 0.4) is 0 Å². The quantitative estimate of drug-likeness (QED) is 0.372. The monoisotopic (exact) mass is 497 g/mol. The number of guanidine groups is 1. The number of rotatable bonds is 3. The topological polar surface area (TPSA) is 68.9 Å². The van der Waals surface area contributed by atoms with E-state index < -0.39 is 6.36 Å². The minimum Gasteiger partial charge on any atom is -0.406 e. The molecule has 27 heavy (non-hydrogen) atoms. The van der Waals surface area contributed by atoms with E-state index in [9.17, 15) is 13.2 Å². The van der Waals surface area contributed by atoms with Crippen LogP contribution in [0, 0.1) is 11.3 Å². The fraction of sp³-hybridized carbons (Fsp3) is 0.611. The van der Waals surface area contributed by atoms with E-state index in [2.05, 4.69) is 10.1 Å². The van der Waals surface area contributed by atoms with Crippen molar-refractivity contribution in [1.82, 2.24) is 0 Å². The van der Waals surface area contributed by atoms with Crippen molar-refractivity contribution >= 4 is 35.6 Å². The number of nitrogens with two attached hydrogens (primary N) is 1. The first-order chi connectivity index (χ1) is 12.4. The highest BCUT2D eigenvalue weighted by Crippen LogP contribution is 2.62. The standard InChI is InChI=1S/C18H22F3N3O2.HI/c19-18(20,21)26-12-5-3-11(4-6-12)23-16(22)24-14-13-7-10-25-15(13)17(14)8-1-2-9-17;/h3-6,13-15H,1-2,7-10H2,(H3,22,23,24);1H. The van der Waals surface area contributed by atoms with E-state index in [0.29, 0.717) is 17.7 Å². The molecule has 3 atom stereocenters. The van der Waals surface area contributed by atoms with Crippen LogP contribution >= 0.6 is 24.0 Å². The number of benzene rings is 1. The average Bonchev–Trinajstić information content (AvgIpc) is 3.22. The predicted octanol–water partition coefficient (Wildman–Crippen LogP) is 4.28. The number of nitrogens with one attached hydrogen (secondary N) is 1. The van der Waals surface area contributed by atoms with E-state index in [-0.39, 0.29) is 47.1 Å². The molecule has 1 spiro atoms. The lowest BCUT2D eigenvalue weighted by Crippen LogP contribution is -2.61. The third kappa shape index (κ3) is 3.98. The Kier molecular flexibility index (Phi) is 5.81. The number of hydrogen-bond acceptors (Lipinski definition) is 3. The van der Waals surface area contributed by atoms with Gasteiger partial charge in [-0.2, -0.15) is 0 Å². The predicted molar refractivity (Wildman–Crippen MR) is 106 cm³/mol. The van der Waals surface area contributed by atoms with Crippen LogP contribution in [0.1, 0.15) is 32.1 Å². The zero-order valence-electron chi connectivity index (χ0n) is 14.7. The molecule has 0 aromatic heterocycles. The van der Waals surface area contributed by atoms with Crippen molar-refractivity contribution in [3.05, 3.63) is 24.3 Å². The van der Waals surface area contributed by atoms with Crippen LogP contribution in [0.5, 0.6) is 5.75 Å². The largest absolute Gasteiger partial charge is 0.573 e. The Morgan fingerprint density at radius 1 is 1.22 bits per heavy atom. The Morgan fingerprint density at radius 2 is 1.89 bits per heavy atom. The third-order valence-electron chi connectivity index (χ3n) is 5.87. The van der Waals surface area contributed by atoms with E-state index in [1.165, 1.54) is 37.1 Å². The number of nitrogens with zero attached hydrogens (tertiary/aromatic N) is 1. The fourth-order valence-corrected chi connectivity index (χ4v) is 4.91. The van der Waals surface area contributed by atoms with Crippen molar-refractivity contribution in [3.63, 3.8) is 0 Å². The van der Waals surface area contributed by atoms with Gasteiger partial charge in [0, 0.05) is 23.6 Å². The molecule has 0 radical (unpaired) electrons. The van der Waals surface area contributed by atoms with Gasteiger partial charge in [-0.05, 0) is 43.5 Å². The van der Waals surface area contributed by atoms with Gasteiger partial charge in [-0.1, -0.05) is 12.8 Å². The second-order valence-corrected chi connectivity index (χ2v) is 7.34. The van der Waals surface area contributed by atoms with E-state index in [1.54, 1.807) is 0 Å². The minimum absolute atomic E-state index is 0. The molecule has 0 amide bonds. The molecule has 5 nitrogen and oxygen atoms in total. The van der Waals surface area contributed by atoms with Gasteiger partial charge in [0.15, 0.2) is 5.96 Å². The molecular weight excluding hydrogens is 474 g/mol. The summed E-state index contributed by atoms with van der Waals surface area (Å²) < 4.78 is 46.4. The van der Waals surface area contributed by atoms with Gasteiger partial charge in [0.1, 0.15) is 5.75 Å². The summed E-state index contributed by atoms with van der Waals surface area (Å²) in [4.78, 5) is 4.73. The van der Waals surface area contributed by atoms with E-state index in [4.69, 9.17) is 15.5 Å². The van der Waals surface area contributed by atoms with Crippen LogP contribution < -0.4 is 15.8 Å². The molecule has 1 aliphatic heterocycles. The van der Waals surface area contributed by atoms with Gasteiger partial charge in [-0.15, -0.1) is 37.1 Å². The van der Waals surface area contributed by atoms with Crippen molar-refractivity contribution in [2.45, 2.75) is 50.6 Å². The average molecular weight is 497 g/mol. The number of halogens is 4. The van der Waals surface area contributed by atoms with Crippen LogP contribution in [0.4, 0.5) is 18.9 Å². The van der Waals surface area contributed by atoms with Gasteiger partial charge >= 0.3 is 6.36 Å². The number of hydrogen-bond donors (Lipinski definition) is 2. The lowest BCUT2D eigenvalue weighted by atomic mass is 9.54. The second kappa shape index (κ2) is 7.65. The highest BCUT2D eigenvalue weighted by Gasteiger charge is 2.65. The smallest absolute Gasteiger partial charge is 0.406 e. The van der Waals surface area contributed by atoms with Crippen LogP contribution in [0.25, 0.3) is 0 Å². The van der Waals surface area contributed by atoms with Gasteiger partial charge < -0.3 is 20.5 Å². The molecular formula is C18H23F3IN3O2. The van der Waals surface area contributed by atoms with Crippen molar-refractivity contribution in [1.29, 1.82) is 0 Å². The molecule has 1 saturated heterocycles. The first kappa shape index (κ1) is 20.5. The second-order valence-electron chi connectivity index (χ2n) is 7.34. The van der Waals surface area contributed by atoms with Gasteiger partial charge in [0.25, 0.3) is 0 Å². The summed E-state index contributed by atoms with van der Waals surface area (Å²) in [6.45, 7) is 0.789. The third-order valence-corrected chi connectivity index (χ3v) is 5.87. The zero-order chi connectivity index (χ0) is 18.4. The van der Waals surface area contributed by atoms with Crippen molar-refractivity contribution in [2.24, 2.45) is 22.1 Å². The molecule has 1 aromatic rings. The maximum Gasteiger partial charge on any atom is 0.573 e. The molecule has 1 aromatic carbocycles. The summed E-state index contributed by atoms with van der Waals surface area (Å²) in [7, 11) is 0. The van der Waals surface area contributed by atoms with Crippen molar-refractivity contribution in [3.8, 4) is 5.75 Å². The SMILES string of the molecule is I.NC(=NC1C2CCOC2C12CCCC2)Nc1ccc(OC(F)(F)F)cc1. The first-order valence-electron chi connectivity index (χ1n) is 8.95. The number of anilines is 1. The number of alkyl halides is 3. The van der Waals surface area contributed by atoms with Crippen molar-refractivity contribution in [2.75, 3.05) is 11.9 Å². The minimum atomic E-state index is -4.70. The van der Waals surface area contributed by atoms with Crippen LogP contribution in [-0.4, -0.2) is 31.1 Å². The Bertz CT molecular complexity index is 690. The summed E-state index contributed by atoms with van der Waals surface area (Å²) in [6, 6.07) is 5.61. The summed E-state index contributed by atoms with van der Waals surface area (Å²) in [5, 5.41) is 2.97. The highest BCUT2D eigenvalue weighted by atomic mass is 127. The molecule has 2 aliphatic carbocycles. The molecule has 1 heterocycles. The molecule has 0 bridgehead atoms. The number of fused-ring (bicyclic) bond motifs is 2. The fourth-order valence-electron chi connectivity index (χ4n) is 4.91. The van der Waals surface area contributed by atoms with E-state index in [0.717, 1.165) is 25.9 Å². The molecule has 150 valence electrons. The van der Waals surface area contributed by atoms with Crippen LogP contribution in [0.2, 0.25) is 0 Å². The Morgan fingerprint density at radius 3 is 2.52 bits per heavy atom. The van der Waals surface area contributed by atoms with Gasteiger partial charge in [0.05, 0.1) is 12.1 Å². The van der Waals surface area contributed by atoms with Crippen LogP contribution in [-0.2, 0) is 4.74 Å². The summed E-state index contributed by atoms with van der Waals surface area (Å²) in [5.41, 5.74) is 6.77. The summed E-state index contributed by atoms with van der Waals surface area (Å²) in [6.07, 6.45) is 1.27. The molecule has 3 fully saturated rings. The zero-order valence-corrected chi connectivity index (χ0v) is 17.0. The Labute approximate surface area is 172 Å². The molecule has 3 N–H and O–H groups in total. The Balaban J connectivity index is 0.00000210. The number of ether oxygens (including phenoxy) is 2. The van der Waals surface area contributed by atoms with Gasteiger partial charge in [-0.3, -0.25) is 0 Å². The van der Waals surface area contributed by atoms with E-state index in [1.807, 2.05) is 0 Å². The maximum absolute atomic E-state index is 12.2. The first-order valence-corrected chi connectivity index (χ1v) is 8.95. The normalized spacial score (nSPS) is 29.0. The molecule has 9 heteroatoms. The molecule has 3 aliphatic rings. The summed E-state index contributed by atoms with van der Waals surface area (Å²) >= 11 is 0. The van der Waals surface area contributed by atoms with Gasteiger partial charge in [-0.25, -0.2) is 4.99 Å². The molecule has 3 unspecified atom stereocenters. The lowest BCUT2D eigenvalue weighted by Gasteiger charge is -2.54. The molecule has 2 saturated carbocycles. The maximum atomic E-state index is 12.2. The highest BCUT2D eigenvalue weighted by molar-refractivity contribution is 14.0. The molecule has 4 rings (SSSR count). The van der Waals surface area contributed by atoms with Crippen molar-refractivity contribution < 1.29 is 22.6 Å².